The molecule has 1 heterocycles. The molecule has 0 aliphatic carbocycles. The number of likely N-dealkylation sites (tertiary alicyclic amines) is 1. The standard InChI is InChI=1S/C16H23FN2O3/c1-16(2,3)22-15(21)18-12-6-7-19(10-12)9-11-4-5-13(17)14(20)8-11/h4-5,8,12,20H,6-7,9-10H2,1-3H3,(H,18,21)/t12-/m0/s1. The number of nitrogens with one attached hydrogen (secondary N) is 1. The highest BCUT2D eigenvalue weighted by Crippen LogP contribution is 2.20. The Hall–Kier alpha value is -1.82. The molecule has 0 unspecified atom stereocenters. The fourth-order valence-electron chi connectivity index (χ4n) is 2.48. The smallest absolute Gasteiger partial charge is 0.407 e. The molecule has 5 nitrogen and oxygen atoms in total. The van der Waals surface area contributed by atoms with Crippen LogP contribution >= 0.6 is 0 Å². The van der Waals surface area contributed by atoms with Crippen LogP contribution in [0.2, 0.25) is 0 Å². The molecule has 0 saturated carbocycles. The van der Waals surface area contributed by atoms with Gasteiger partial charge in [-0.25, -0.2) is 9.18 Å². The van der Waals surface area contributed by atoms with E-state index >= 15 is 0 Å². The second-order valence-corrected chi connectivity index (χ2v) is 6.65. The number of phenols is 1. The van der Waals surface area contributed by atoms with Gasteiger partial charge in [-0.1, -0.05) is 6.07 Å². The van der Waals surface area contributed by atoms with Crippen molar-refractivity contribution in [3.05, 3.63) is 29.6 Å². The molecule has 2 N–H and O–H groups in total. The quantitative estimate of drug-likeness (QED) is 0.901. The summed E-state index contributed by atoms with van der Waals surface area (Å²) in [7, 11) is 0. The Bertz CT molecular complexity index is 543. The number of carbonyl (C=O) groups is 1. The van der Waals surface area contributed by atoms with Crippen molar-refractivity contribution < 1.29 is 19.0 Å². The number of hydrogen-bond donors (Lipinski definition) is 2. The van der Waals surface area contributed by atoms with Crippen molar-refractivity contribution in [2.75, 3.05) is 13.1 Å². The Labute approximate surface area is 130 Å². The minimum atomic E-state index is -0.616. The maximum atomic E-state index is 13.0. The fourth-order valence-corrected chi connectivity index (χ4v) is 2.48. The zero-order chi connectivity index (χ0) is 16.3. The highest BCUT2D eigenvalue weighted by molar-refractivity contribution is 5.68. The lowest BCUT2D eigenvalue weighted by Crippen LogP contribution is -2.40. The molecule has 1 aromatic rings. The molecule has 6 heteroatoms. The maximum Gasteiger partial charge on any atom is 0.407 e. The van der Waals surface area contributed by atoms with Crippen LogP contribution in [0.1, 0.15) is 32.8 Å². The summed E-state index contributed by atoms with van der Waals surface area (Å²) >= 11 is 0. The van der Waals surface area contributed by atoms with E-state index in [1.807, 2.05) is 20.8 Å². The van der Waals surface area contributed by atoms with Crippen molar-refractivity contribution in [2.45, 2.75) is 45.4 Å². The number of nitrogens with zero attached hydrogens (tertiary/aromatic N) is 1. The van der Waals surface area contributed by atoms with Crippen LogP contribution in [0.25, 0.3) is 0 Å². The molecule has 1 atom stereocenters. The minimum Gasteiger partial charge on any atom is -0.505 e. The fraction of sp³-hybridized carbons (Fsp3) is 0.562. The molecule has 0 spiro atoms. The number of amides is 1. The first-order valence-electron chi connectivity index (χ1n) is 7.42. The van der Waals surface area contributed by atoms with Crippen molar-refractivity contribution in [1.29, 1.82) is 0 Å². The van der Waals surface area contributed by atoms with E-state index < -0.39 is 17.5 Å². The average molecular weight is 310 g/mol. The lowest BCUT2D eigenvalue weighted by molar-refractivity contribution is 0.0506. The van der Waals surface area contributed by atoms with E-state index in [-0.39, 0.29) is 11.8 Å². The Morgan fingerprint density at radius 3 is 2.86 bits per heavy atom. The summed E-state index contributed by atoms with van der Waals surface area (Å²) in [4.78, 5) is 13.9. The molecule has 0 radical (unpaired) electrons. The molecule has 1 amide bonds. The molecule has 22 heavy (non-hydrogen) atoms. The van der Waals surface area contributed by atoms with E-state index in [1.54, 1.807) is 6.07 Å². The summed E-state index contributed by atoms with van der Waals surface area (Å²) < 4.78 is 18.3. The third-order valence-corrected chi connectivity index (χ3v) is 3.41. The number of halogens is 1. The molecule has 1 aliphatic heterocycles. The first-order chi connectivity index (χ1) is 10.2. The molecule has 122 valence electrons. The van der Waals surface area contributed by atoms with Gasteiger partial charge in [0.15, 0.2) is 11.6 Å². The number of rotatable bonds is 3. The van der Waals surface area contributed by atoms with E-state index in [2.05, 4.69) is 10.2 Å². The first-order valence-corrected chi connectivity index (χ1v) is 7.42. The van der Waals surface area contributed by atoms with Crippen LogP contribution in [-0.2, 0) is 11.3 Å². The van der Waals surface area contributed by atoms with Crippen LogP contribution in [0.4, 0.5) is 9.18 Å². The number of phenolic OH excluding ortho intramolecular Hbond substituents is 1. The van der Waals surface area contributed by atoms with Crippen molar-refractivity contribution in [3.8, 4) is 5.75 Å². The van der Waals surface area contributed by atoms with Crippen LogP contribution in [0.5, 0.6) is 5.75 Å². The second-order valence-electron chi connectivity index (χ2n) is 6.65. The number of carbonyl (C=O) groups excluding carboxylic acids is 1. The number of hydrogen-bond acceptors (Lipinski definition) is 4. The Morgan fingerprint density at radius 2 is 2.23 bits per heavy atom. The Balaban J connectivity index is 1.82. The molecule has 0 aromatic heterocycles. The molecule has 0 bridgehead atoms. The SMILES string of the molecule is CC(C)(C)OC(=O)N[C@H]1CCN(Cc2ccc(F)c(O)c2)C1. The maximum absolute atomic E-state index is 13.0. The van der Waals surface area contributed by atoms with Gasteiger partial charge in [0.25, 0.3) is 0 Å². The predicted molar refractivity (Wildman–Crippen MR) is 81.1 cm³/mol. The number of alkyl carbamates (subject to hydrolysis) is 1. The lowest BCUT2D eigenvalue weighted by atomic mass is 10.2. The zero-order valence-electron chi connectivity index (χ0n) is 13.2. The van der Waals surface area contributed by atoms with Crippen molar-refractivity contribution in [2.24, 2.45) is 0 Å². The number of aromatic hydroxyl groups is 1. The third kappa shape index (κ3) is 4.87. The molecule has 1 fully saturated rings. The first kappa shape index (κ1) is 16.5. The average Bonchev–Trinajstić information content (AvgIpc) is 2.78. The molecular formula is C16H23FN2O3. The van der Waals surface area contributed by atoms with Gasteiger partial charge in [0.2, 0.25) is 0 Å². The Morgan fingerprint density at radius 1 is 1.50 bits per heavy atom. The number of benzene rings is 1. The highest BCUT2D eigenvalue weighted by Gasteiger charge is 2.26. The van der Waals surface area contributed by atoms with Crippen LogP contribution in [0, 0.1) is 5.82 Å². The lowest BCUT2D eigenvalue weighted by Gasteiger charge is -2.22. The van der Waals surface area contributed by atoms with Gasteiger partial charge in [-0.05, 0) is 44.9 Å². The molecule has 1 aromatic carbocycles. The largest absolute Gasteiger partial charge is 0.505 e. The summed E-state index contributed by atoms with van der Waals surface area (Å²) in [5.41, 5.74) is 0.338. The van der Waals surface area contributed by atoms with Crippen LogP contribution in [-0.4, -0.2) is 40.8 Å². The third-order valence-electron chi connectivity index (χ3n) is 3.41. The molecule has 2 rings (SSSR count). The van der Waals surface area contributed by atoms with Gasteiger partial charge in [-0.2, -0.15) is 0 Å². The van der Waals surface area contributed by atoms with Gasteiger partial charge in [-0.3, -0.25) is 4.90 Å². The Kier molecular flexibility index (Phi) is 4.90. The van der Waals surface area contributed by atoms with E-state index in [0.29, 0.717) is 13.1 Å². The van der Waals surface area contributed by atoms with E-state index in [9.17, 15) is 14.3 Å². The normalized spacial score (nSPS) is 19.2. The van der Waals surface area contributed by atoms with Gasteiger partial charge < -0.3 is 15.2 Å². The van der Waals surface area contributed by atoms with Crippen LogP contribution in [0.15, 0.2) is 18.2 Å². The zero-order valence-corrected chi connectivity index (χ0v) is 13.2. The van der Waals surface area contributed by atoms with Gasteiger partial charge in [0.1, 0.15) is 5.60 Å². The van der Waals surface area contributed by atoms with Gasteiger partial charge in [0.05, 0.1) is 0 Å². The number of ether oxygens (including phenoxy) is 1. The molecular weight excluding hydrogens is 287 g/mol. The molecule has 1 aliphatic rings. The summed E-state index contributed by atoms with van der Waals surface area (Å²) in [6.07, 6.45) is 0.436. The minimum absolute atomic E-state index is 0.0453. The van der Waals surface area contributed by atoms with Crippen LogP contribution < -0.4 is 5.32 Å². The predicted octanol–water partition coefficient (Wildman–Crippen LogP) is 2.63. The topological polar surface area (TPSA) is 61.8 Å². The molecule has 1 saturated heterocycles. The summed E-state index contributed by atoms with van der Waals surface area (Å²) in [6.45, 7) is 7.63. The summed E-state index contributed by atoms with van der Waals surface area (Å²) in [6, 6.07) is 4.40. The second kappa shape index (κ2) is 6.52. The van der Waals surface area contributed by atoms with E-state index in [0.717, 1.165) is 18.5 Å². The summed E-state index contributed by atoms with van der Waals surface area (Å²) in [5, 5.41) is 12.2. The highest BCUT2D eigenvalue weighted by atomic mass is 19.1. The van der Waals surface area contributed by atoms with Gasteiger partial charge in [-0.15, -0.1) is 0 Å². The van der Waals surface area contributed by atoms with Crippen molar-refractivity contribution in [3.63, 3.8) is 0 Å². The summed E-state index contributed by atoms with van der Waals surface area (Å²) in [5.74, 6) is -0.949. The van der Waals surface area contributed by atoms with Crippen LogP contribution in [0.3, 0.4) is 0 Å². The van der Waals surface area contributed by atoms with Gasteiger partial charge >= 0.3 is 6.09 Å². The van der Waals surface area contributed by atoms with E-state index in [4.69, 9.17) is 4.74 Å². The van der Waals surface area contributed by atoms with Gasteiger partial charge in [0, 0.05) is 25.7 Å². The monoisotopic (exact) mass is 310 g/mol. The van der Waals surface area contributed by atoms with Crippen molar-refractivity contribution >= 4 is 6.09 Å². The van der Waals surface area contributed by atoms with E-state index in [1.165, 1.54) is 12.1 Å². The van der Waals surface area contributed by atoms with Crippen molar-refractivity contribution in [1.82, 2.24) is 10.2 Å².